The van der Waals surface area contributed by atoms with Crippen molar-refractivity contribution in [2.24, 2.45) is 0 Å². The van der Waals surface area contributed by atoms with E-state index in [1.54, 1.807) is 12.1 Å². The van der Waals surface area contributed by atoms with Gasteiger partial charge in [-0.15, -0.1) is 0 Å². The molecule has 0 atom stereocenters. The highest BCUT2D eigenvalue weighted by Crippen LogP contribution is 2.30. The van der Waals surface area contributed by atoms with E-state index in [9.17, 15) is 13.2 Å². The predicted molar refractivity (Wildman–Crippen MR) is 69.3 cm³/mol. The van der Waals surface area contributed by atoms with E-state index in [0.717, 1.165) is 7.88 Å². The summed E-state index contributed by atoms with van der Waals surface area (Å²) in [6, 6.07) is 4.73. The second-order valence-corrected chi connectivity index (χ2v) is 6.59. The van der Waals surface area contributed by atoms with Crippen LogP contribution in [0.4, 0.5) is 0 Å². The number of methoxy groups -OCH3 is 1. The van der Waals surface area contributed by atoms with Crippen LogP contribution in [0.25, 0.3) is 0 Å². The molecular weight excluding hydrogens is 357 g/mol. The van der Waals surface area contributed by atoms with Gasteiger partial charge in [0.1, 0.15) is 4.90 Å². The molecule has 0 bridgehead atoms. The van der Waals surface area contributed by atoms with E-state index in [4.69, 9.17) is 4.74 Å². The number of nitrogens with zero attached hydrogens (tertiary/aromatic N) is 1. The molecule has 0 saturated heterocycles. The highest BCUT2D eigenvalue weighted by atomic mass is 127. The molecule has 1 aliphatic heterocycles. The van der Waals surface area contributed by atoms with Crippen molar-refractivity contribution in [3.8, 4) is 0 Å². The quantitative estimate of drug-likeness (QED) is 0.751. The number of ether oxygens (including phenoxy) is 1. The van der Waals surface area contributed by atoms with Gasteiger partial charge in [0.2, 0.25) is 0 Å². The molecule has 0 fully saturated rings. The first kappa shape index (κ1) is 12.8. The third kappa shape index (κ3) is 2.06. The normalized spacial score (nSPS) is 17.3. The molecule has 0 unspecified atom stereocenters. The van der Waals surface area contributed by atoms with Crippen LogP contribution in [0.3, 0.4) is 0 Å². The average Bonchev–Trinajstić information content (AvgIpc) is 2.45. The summed E-state index contributed by atoms with van der Waals surface area (Å²) < 4.78 is 30.6. The summed E-state index contributed by atoms with van der Waals surface area (Å²) >= 11 is 2.04. The van der Waals surface area contributed by atoms with E-state index in [2.05, 4.69) is 0 Å². The van der Waals surface area contributed by atoms with E-state index in [0.29, 0.717) is 0 Å². The lowest BCUT2D eigenvalue weighted by molar-refractivity contribution is 0.0836. The summed E-state index contributed by atoms with van der Waals surface area (Å²) in [5.41, 5.74) is 0.244. The Morgan fingerprint density at radius 1 is 1.41 bits per heavy atom. The number of rotatable bonds is 3. The first-order valence-corrected chi connectivity index (χ1v) is 7.36. The van der Waals surface area contributed by atoms with Gasteiger partial charge >= 0.3 is 0 Å². The SMILES string of the molecule is COCCN1C(=O)c2cc(I)ccc2S1(=O)=O. The minimum absolute atomic E-state index is 0.0446. The average molecular weight is 367 g/mol. The van der Waals surface area contributed by atoms with Crippen LogP contribution in [-0.2, 0) is 14.8 Å². The van der Waals surface area contributed by atoms with Gasteiger partial charge in [-0.05, 0) is 40.8 Å². The molecular formula is C10H10INO4S. The molecule has 0 aromatic heterocycles. The van der Waals surface area contributed by atoms with Crippen LogP contribution < -0.4 is 0 Å². The number of benzene rings is 1. The summed E-state index contributed by atoms with van der Waals surface area (Å²) in [6.45, 7) is 0.235. The van der Waals surface area contributed by atoms with Crippen molar-refractivity contribution < 1.29 is 17.9 Å². The second kappa shape index (κ2) is 4.54. The Labute approximate surface area is 113 Å². The van der Waals surface area contributed by atoms with Crippen LogP contribution in [-0.4, -0.2) is 38.9 Å². The number of sulfonamides is 1. The minimum atomic E-state index is -3.68. The van der Waals surface area contributed by atoms with Gasteiger partial charge in [-0.3, -0.25) is 4.79 Å². The zero-order valence-corrected chi connectivity index (χ0v) is 12.0. The van der Waals surface area contributed by atoms with Crippen molar-refractivity contribution in [1.82, 2.24) is 4.31 Å². The lowest BCUT2D eigenvalue weighted by atomic mass is 10.2. The Bertz CT molecular complexity index is 570. The van der Waals surface area contributed by atoms with Gasteiger partial charge in [0.05, 0.1) is 18.7 Å². The number of halogens is 1. The summed E-state index contributed by atoms with van der Waals surface area (Å²) in [5.74, 6) is -0.476. The molecule has 92 valence electrons. The van der Waals surface area contributed by atoms with Crippen LogP contribution in [0.15, 0.2) is 23.1 Å². The Kier molecular flexibility index (Phi) is 3.41. The molecule has 1 aromatic rings. The Morgan fingerprint density at radius 3 is 2.76 bits per heavy atom. The van der Waals surface area contributed by atoms with Gasteiger partial charge < -0.3 is 4.74 Å². The third-order valence-electron chi connectivity index (χ3n) is 2.47. The summed E-state index contributed by atoms with van der Waals surface area (Å²) in [5, 5.41) is 0. The lowest BCUT2D eigenvalue weighted by Crippen LogP contribution is -2.32. The summed E-state index contributed by atoms with van der Waals surface area (Å²) in [4.78, 5) is 12.0. The van der Waals surface area contributed by atoms with Gasteiger partial charge in [0, 0.05) is 10.7 Å². The van der Waals surface area contributed by atoms with E-state index in [1.165, 1.54) is 13.2 Å². The molecule has 2 rings (SSSR count). The number of carbonyl (C=O) groups is 1. The smallest absolute Gasteiger partial charge is 0.269 e. The van der Waals surface area contributed by atoms with Crippen LogP contribution in [0.2, 0.25) is 0 Å². The molecule has 0 spiro atoms. The van der Waals surface area contributed by atoms with Crippen molar-refractivity contribution in [2.45, 2.75) is 4.90 Å². The van der Waals surface area contributed by atoms with E-state index < -0.39 is 15.9 Å². The van der Waals surface area contributed by atoms with Crippen molar-refractivity contribution >= 4 is 38.5 Å². The van der Waals surface area contributed by atoms with Crippen LogP contribution in [0, 0.1) is 3.57 Å². The Hall–Kier alpha value is -0.670. The number of hydrogen-bond donors (Lipinski definition) is 0. The molecule has 1 aliphatic rings. The fourth-order valence-electron chi connectivity index (χ4n) is 1.65. The molecule has 5 nitrogen and oxygen atoms in total. The molecule has 0 N–H and O–H groups in total. The van der Waals surface area contributed by atoms with E-state index in [1.807, 2.05) is 22.6 Å². The number of amides is 1. The maximum absolute atomic E-state index is 12.1. The molecule has 1 aromatic carbocycles. The monoisotopic (exact) mass is 367 g/mol. The van der Waals surface area contributed by atoms with Crippen LogP contribution >= 0.6 is 22.6 Å². The number of hydrogen-bond acceptors (Lipinski definition) is 4. The number of carbonyl (C=O) groups excluding carboxylic acids is 1. The molecule has 1 amide bonds. The standard InChI is InChI=1S/C10H10INO4S/c1-16-5-4-12-10(13)8-6-7(11)2-3-9(8)17(12,14)15/h2-3,6H,4-5H2,1H3. The summed E-state index contributed by atoms with van der Waals surface area (Å²) in [7, 11) is -2.22. The summed E-state index contributed by atoms with van der Waals surface area (Å²) in [6.07, 6.45) is 0. The van der Waals surface area contributed by atoms with Crippen LogP contribution in [0.5, 0.6) is 0 Å². The van der Waals surface area contributed by atoms with Gasteiger partial charge in [0.15, 0.2) is 0 Å². The molecule has 0 radical (unpaired) electrons. The minimum Gasteiger partial charge on any atom is -0.383 e. The van der Waals surface area contributed by atoms with E-state index >= 15 is 0 Å². The first-order valence-electron chi connectivity index (χ1n) is 4.84. The van der Waals surface area contributed by atoms with Gasteiger partial charge in [0.25, 0.3) is 15.9 Å². The second-order valence-electron chi connectivity index (χ2n) is 3.52. The molecule has 17 heavy (non-hydrogen) atoms. The van der Waals surface area contributed by atoms with Gasteiger partial charge in [-0.2, -0.15) is 0 Å². The lowest BCUT2D eigenvalue weighted by Gasteiger charge is -2.13. The predicted octanol–water partition coefficient (Wildman–Crippen LogP) is 1.08. The van der Waals surface area contributed by atoms with Gasteiger partial charge in [-0.25, -0.2) is 12.7 Å². The Balaban J connectivity index is 2.49. The van der Waals surface area contributed by atoms with Crippen molar-refractivity contribution in [3.63, 3.8) is 0 Å². The highest BCUT2D eigenvalue weighted by Gasteiger charge is 2.40. The first-order chi connectivity index (χ1) is 7.98. The van der Waals surface area contributed by atoms with Crippen LogP contribution in [0.1, 0.15) is 10.4 Å². The molecule has 0 aliphatic carbocycles. The molecule has 1 heterocycles. The van der Waals surface area contributed by atoms with Crippen molar-refractivity contribution in [1.29, 1.82) is 0 Å². The molecule has 0 saturated carbocycles. The third-order valence-corrected chi connectivity index (χ3v) is 4.98. The maximum Gasteiger partial charge on any atom is 0.269 e. The topological polar surface area (TPSA) is 63.7 Å². The van der Waals surface area contributed by atoms with Gasteiger partial charge in [-0.1, -0.05) is 0 Å². The zero-order chi connectivity index (χ0) is 12.6. The van der Waals surface area contributed by atoms with Crippen molar-refractivity contribution in [3.05, 3.63) is 27.3 Å². The largest absolute Gasteiger partial charge is 0.383 e. The van der Waals surface area contributed by atoms with Crippen molar-refractivity contribution in [2.75, 3.05) is 20.3 Å². The Morgan fingerprint density at radius 2 is 2.12 bits per heavy atom. The van der Waals surface area contributed by atoms with E-state index in [-0.39, 0.29) is 23.6 Å². The fraction of sp³-hybridized carbons (Fsp3) is 0.300. The fourth-order valence-corrected chi connectivity index (χ4v) is 3.68. The zero-order valence-electron chi connectivity index (χ0n) is 9.01. The number of fused-ring (bicyclic) bond motifs is 1. The molecule has 7 heteroatoms. The highest BCUT2D eigenvalue weighted by molar-refractivity contribution is 14.1. The maximum atomic E-state index is 12.1.